The Balaban J connectivity index is 0. The molecule has 0 aromatic rings. The van der Waals surface area contributed by atoms with Crippen molar-refractivity contribution in [2.75, 3.05) is 52.4 Å². The van der Waals surface area contributed by atoms with Crippen molar-refractivity contribution in [3.8, 4) is 0 Å². The first-order valence-electron chi connectivity index (χ1n) is 10.0. The molecule has 0 bridgehead atoms. The molecule has 0 N–H and O–H groups in total. The van der Waals surface area contributed by atoms with Gasteiger partial charge in [-0.2, -0.15) is 0 Å². The van der Waals surface area contributed by atoms with Crippen molar-refractivity contribution in [1.82, 2.24) is 18.7 Å². The van der Waals surface area contributed by atoms with Gasteiger partial charge in [-0.05, 0) is 55.4 Å². The first-order valence-corrected chi connectivity index (χ1v) is 13.6. The number of nitrogens with zero attached hydrogens (tertiary/aromatic N) is 4. The molecule has 176 valence electrons. The maximum atomic E-state index is 9.87. The van der Waals surface area contributed by atoms with Crippen molar-refractivity contribution in [3.05, 3.63) is 0 Å². The Morgan fingerprint density at radius 3 is 0.607 bits per heavy atom. The molecule has 0 fully saturated rings. The van der Waals surface area contributed by atoms with Crippen molar-refractivity contribution in [2.24, 2.45) is 0 Å². The summed E-state index contributed by atoms with van der Waals surface area (Å²) in [5, 5.41) is 0. The number of halogens is 6. The summed E-state index contributed by atoms with van der Waals surface area (Å²) in [4.78, 5) is 0. The average molecular weight is 464 g/mol. The number of rotatable bonds is 12. The first kappa shape index (κ1) is 30.5. The molecule has 12 heteroatoms. The molecule has 0 unspecified atom stereocenters. The number of hydrogen-bond acceptors (Lipinski definition) is 4. The second-order valence-corrected chi connectivity index (χ2v) is 11.3. The van der Waals surface area contributed by atoms with E-state index in [4.69, 9.17) is 0 Å². The van der Waals surface area contributed by atoms with E-state index in [1.54, 1.807) is 0 Å². The molecule has 0 aliphatic rings. The molecule has 0 aliphatic carbocycles. The summed E-state index contributed by atoms with van der Waals surface area (Å²) in [6, 6.07) is 0. The third-order valence-electron chi connectivity index (χ3n) is 4.44. The van der Waals surface area contributed by atoms with E-state index in [-0.39, 0.29) is 0 Å². The molecule has 0 radical (unpaired) electrons. The van der Waals surface area contributed by atoms with Crippen LogP contribution in [0.15, 0.2) is 0 Å². The molecule has 0 heterocycles. The molecule has 0 amide bonds. The van der Waals surface area contributed by atoms with E-state index in [0.29, 0.717) is 0 Å². The van der Waals surface area contributed by atoms with Crippen LogP contribution in [-0.4, -0.2) is 71.0 Å². The van der Waals surface area contributed by atoms with Gasteiger partial charge in [-0.1, -0.05) is 0 Å². The van der Waals surface area contributed by atoms with Gasteiger partial charge in [0.15, 0.2) is 0 Å². The molecule has 0 atom stereocenters. The predicted octanol–water partition coefficient (Wildman–Crippen LogP) is 7.41. The van der Waals surface area contributed by atoms with Crippen LogP contribution >= 0.6 is 15.7 Å². The summed E-state index contributed by atoms with van der Waals surface area (Å²) in [5.41, 5.74) is 0. The monoisotopic (exact) mass is 464 g/mol. The van der Waals surface area contributed by atoms with Crippen molar-refractivity contribution < 1.29 is 25.2 Å². The topological polar surface area (TPSA) is 13.0 Å². The maximum absolute atomic E-state index is 10.7. The molecule has 0 aromatic carbocycles. The van der Waals surface area contributed by atoms with Crippen LogP contribution in [0.1, 0.15) is 55.4 Å². The predicted molar refractivity (Wildman–Crippen MR) is 112 cm³/mol. The third-order valence-corrected chi connectivity index (χ3v) is 9.74. The van der Waals surface area contributed by atoms with Crippen LogP contribution in [0.5, 0.6) is 0 Å². The minimum atomic E-state index is -10.7. The zero-order valence-electron chi connectivity index (χ0n) is 18.6. The second kappa shape index (κ2) is 11.1. The van der Waals surface area contributed by atoms with E-state index >= 15 is 0 Å². The SMILES string of the molecule is CCN(CC)[P+](N(CC)CC)(N(CC)CC)N(CC)CC.F[P-](F)(F)(F)(F)F. The average Bonchev–Trinajstić information content (AvgIpc) is 2.56. The van der Waals surface area contributed by atoms with Gasteiger partial charge in [-0.25, -0.2) is 0 Å². The molecular weight excluding hydrogens is 424 g/mol. The Kier molecular flexibility index (Phi) is 12.0. The third kappa shape index (κ3) is 10.4. The zero-order valence-corrected chi connectivity index (χ0v) is 20.4. The number of hydrogen-bond donors (Lipinski definition) is 0. The molecule has 0 spiro atoms. The fourth-order valence-corrected chi connectivity index (χ4v) is 8.67. The molecule has 0 saturated heterocycles. The zero-order chi connectivity index (χ0) is 22.9. The van der Waals surface area contributed by atoms with E-state index in [9.17, 15) is 25.2 Å². The van der Waals surface area contributed by atoms with Crippen molar-refractivity contribution in [2.45, 2.75) is 55.4 Å². The molecule has 4 nitrogen and oxygen atoms in total. The van der Waals surface area contributed by atoms with Gasteiger partial charge in [0.05, 0.1) is 0 Å². The summed E-state index contributed by atoms with van der Waals surface area (Å²) < 4.78 is 70.1. The van der Waals surface area contributed by atoms with Crippen LogP contribution in [0.3, 0.4) is 0 Å². The van der Waals surface area contributed by atoms with Gasteiger partial charge < -0.3 is 0 Å². The Labute approximate surface area is 168 Å². The van der Waals surface area contributed by atoms with Crippen molar-refractivity contribution in [3.63, 3.8) is 0 Å². The molecule has 0 aromatic heterocycles. The van der Waals surface area contributed by atoms with E-state index in [0.717, 1.165) is 52.4 Å². The first-order chi connectivity index (χ1) is 12.5. The van der Waals surface area contributed by atoms with E-state index in [1.807, 2.05) is 0 Å². The Hall–Kier alpha value is 0.280. The standard InChI is InChI=1S/C16H40N4P.F6P/c1-9-17(10-2)21(18(11-3)12-4,19(13-5)14-6)20(15-7)16-8;1-7(2,3,4,5)6/h9-16H2,1-8H3;/q+1;-1. The second-order valence-electron chi connectivity index (χ2n) is 6.05. The van der Waals surface area contributed by atoms with Gasteiger partial charge in [0.1, 0.15) is 0 Å². The molecule has 0 rings (SSSR count). The van der Waals surface area contributed by atoms with Crippen LogP contribution in [0.25, 0.3) is 0 Å². The summed E-state index contributed by atoms with van der Waals surface area (Å²) in [6.45, 7) is 27.5. The van der Waals surface area contributed by atoms with Crippen LogP contribution < -0.4 is 0 Å². The van der Waals surface area contributed by atoms with Gasteiger partial charge in [0.2, 0.25) is 0 Å². The van der Waals surface area contributed by atoms with Crippen LogP contribution in [0.4, 0.5) is 25.2 Å². The van der Waals surface area contributed by atoms with E-state index in [1.165, 1.54) is 0 Å². The Morgan fingerprint density at radius 1 is 0.429 bits per heavy atom. The van der Waals surface area contributed by atoms with Gasteiger partial charge in [0.25, 0.3) is 0 Å². The van der Waals surface area contributed by atoms with Crippen LogP contribution in [0.2, 0.25) is 0 Å². The summed E-state index contributed by atoms with van der Waals surface area (Å²) in [6.07, 6.45) is 0. The van der Waals surface area contributed by atoms with Gasteiger partial charge in [-0.15, -0.1) is 18.7 Å². The molecule has 28 heavy (non-hydrogen) atoms. The quantitative estimate of drug-likeness (QED) is 0.220. The van der Waals surface area contributed by atoms with E-state index in [2.05, 4.69) is 74.1 Å². The molecule has 0 aliphatic heterocycles. The molecule has 0 saturated carbocycles. The fraction of sp³-hybridized carbons (Fsp3) is 1.00. The summed E-state index contributed by atoms with van der Waals surface area (Å²) in [7, 11) is -12.3. The minimum absolute atomic E-state index is 1.12. The van der Waals surface area contributed by atoms with E-state index < -0.39 is 15.7 Å². The Bertz CT molecular complexity index is 354. The van der Waals surface area contributed by atoms with Crippen LogP contribution in [-0.2, 0) is 0 Å². The van der Waals surface area contributed by atoms with Gasteiger partial charge >= 0.3 is 40.9 Å². The van der Waals surface area contributed by atoms with Crippen molar-refractivity contribution >= 4 is 15.7 Å². The summed E-state index contributed by atoms with van der Waals surface area (Å²) in [5.74, 6) is 0. The summed E-state index contributed by atoms with van der Waals surface area (Å²) >= 11 is 0. The fourth-order valence-electron chi connectivity index (χ4n) is 3.49. The Morgan fingerprint density at radius 2 is 0.536 bits per heavy atom. The van der Waals surface area contributed by atoms with Crippen molar-refractivity contribution in [1.29, 1.82) is 0 Å². The van der Waals surface area contributed by atoms with Gasteiger partial charge in [0, 0.05) is 52.4 Å². The van der Waals surface area contributed by atoms with Crippen LogP contribution in [0, 0.1) is 0 Å². The van der Waals surface area contributed by atoms with Gasteiger partial charge in [-0.3, -0.25) is 0 Å². The normalized spacial score (nSPS) is 15.6. The molecular formula is C16H40F6N4P2.